The number of benzene rings is 1. The molecule has 1 aromatic heterocycles. The van der Waals surface area contributed by atoms with Gasteiger partial charge in [-0.05, 0) is 35.7 Å². The molecule has 4 heteroatoms. The number of hydrogen-bond donors (Lipinski definition) is 1. The van der Waals surface area contributed by atoms with Crippen LogP contribution in [0.1, 0.15) is 36.5 Å². The second-order valence-electron chi connectivity index (χ2n) is 4.45. The SMILES string of the molecule is CC[C@H](c1cncc(Cl)c1)[C@@H](O)c1ccc(Cl)cc1. The van der Waals surface area contributed by atoms with Gasteiger partial charge in [-0.3, -0.25) is 4.98 Å². The molecule has 0 bridgehead atoms. The molecular weight excluding hydrogens is 281 g/mol. The fourth-order valence-corrected chi connectivity index (χ4v) is 2.47. The molecule has 0 aliphatic heterocycles. The van der Waals surface area contributed by atoms with Crippen LogP contribution < -0.4 is 0 Å². The topological polar surface area (TPSA) is 33.1 Å². The Morgan fingerprint density at radius 2 is 1.74 bits per heavy atom. The van der Waals surface area contributed by atoms with Crippen LogP contribution in [0, 0.1) is 0 Å². The first kappa shape index (κ1) is 14.3. The molecule has 0 radical (unpaired) electrons. The van der Waals surface area contributed by atoms with Crippen molar-refractivity contribution < 1.29 is 5.11 Å². The molecule has 1 N–H and O–H groups in total. The molecule has 0 unspecified atom stereocenters. The van der Waals surface area contributed by atoms with E-state index in [1.54, 1.807) is 24.5 Å². The highest BCUT2D eigenvalue weighted by atomic mass is 35.5. The summed E-state index contributed by atoms with van der Waals surface area (Å²) in [6.07, 6.45) is 3.54. The van der Waals surface area contributed by atoms with Gasteiger partial charge in [-0.15, -0.1) is 0 Å². The highest BCUT2D eigenvalue weighted by Crippen LogP contribution is 2.34. The van der Waals surface area contributed by atoms with Gasteiger partial charge < -0.3 is 5.11 Å². The smallest absolute Gasteiger partial charge is 0.0859 e. The number of hydrogen-bond acceptors (Lipinski definition) is 2. The highest BCUT2D eigenvalue weighted by Gasteiger charge is 2.21. The van der Waals surface area contributed by atoms with Crippen molar-refractivity contribution in [2.24, 2.45) is 0 Å². The monoisotopic (exact) mass is 295 g/mol. The summed E-state index contributed by atoms with van der Waals surface area (Å²) in [7, 11) is 0. The standard InChI is InChI=1S/C15H15Cl2NO/c1-2-14(11-7-13(17)9-18-8-11)15(19)10-3-5-12(16)6-4-10/h3-9,14-15,19H,2H2,1H3/t14-,15+/m1/s1. The van der Waals surface area contributed by atoms with Gasteiger partial charge in [0, 0.05) is 23.3 Å². The number of aliphatic hydroxyl groups is 1. The second kappa shape index (κ2) is 6.38. The van der Waals surface area contributed by atoms with Crippen molar-refractivity contribution in [2.75, 3.05) is 0 Å². The third kappa shape index (κ3) is 3.47. The van der Waals surface area contributed by atoms with Gasteiger partial charge in [0.25, 0.3) is 0 Å². The van der Waals surface area contributed by atoms with Gasteiger partial charge in [0.15, 0.2) is 0 Å². The molecule has 0 amide bonds. The third-order valence-corrected chi connectivity index (χ3v) is 3.65. The molecule has 0 spiro atoms. The van der Waals surface area contributed by atoms with E-state index in [4.69, 9.17) is 23.2 Å². The van der Waals surface area contributed by atoms with E-state index in [1.165, 1.54) is 0 Å². The van der Waals surface area contributed by atoms with Crippen LogP contribution >= 0.6 is 23.2 Å². The van der Waals surface area contributed by atoms with Crippen molar-refractivity contribution in [3.8, 4) is 0 Å². The van der Waals surface area contributed by atoms with E-state index >= 15 is 0 Å². The van der Waals surface area contributed by atoms with E-state index in [2.05, 4.69) is 4.98 Å². The first-order valence-electron chi connectivity index (χ1n) is 6.15. The van der Waals surface area contributed by atoms with Gasteiger partial charge in [0.2, 0.25) is 0 Å². The molecule has 2 nitrogen and oxygen atoms in total. The van der Waals surface area contributed by atoms with Crippen molar-refractivity contribution >= 4 is 23.2 Å². The van der Waals surface area contributed by atoms with Crippen LogP contribution in [0.25, 0.3) is 0 Å². The molecule has 2 atom stereocenters. The third-order valence-electron chi connectivity index (χ3n) is 3.19. The van der Waals surface area contributed by atoms with Crippen LogP contribution in [0.3, 0.4) is 0 Å². The van der Waals surface area contributed by atoms with Crippen molar-refractivity contribution in [3.63, 3.8) is 0 Å². The van der Waals surface area contributed by atoms with E-state index in [0.717, 1.165) is 17.5 Å². The molecule has 1 aromatic carbocycles. The molecule has 2 aromatic rings. The molecule has 1 heterocycles. The number of aromatic nitrogens is 1. The average molecular weight is 296 g/mol. The maximum atomic E-state index is 10.5. The normalized spacial score (nSPS) is 14.1. The Kier molecular flexibility index (Phi) is 4.81. The lowest BCUT2D eigenvalue weighted by Crippen LogP contribution is -2.10. The quantitative estimate of drug-likeness (QED) is 0.893. The van der Waals surface area contributed by atoms with Crippen molar-refractivity contribution in [3.05, 3.63) is 63.9 Å². The molecule has 2 rings (SSSR count). The van der Waals surface area contributed by atoms with Crippen molar-refractivity contribution in [1.82, 2.24) is 4.98 Å². The molecule has 0 aliphatic carbocycles. The molecule has 0 saturated heterocycles. The predicted octanol–water partition coefficient (Wildman–Crippen LogP) is 4.62. The number of aliphatic hydroxyl groups excluding tert-OH is 1. The summed E-state index contributed by atoms with van der Waals surface area (Å²) in [6, 6.07) is 9.09. The lowest BCUT2D eigenvalue weighted by atomic mass is 9.88. The fraction of sp³-hybridized carbons (Fsp3) is 0.267. The number of halogens is 2. The Morgan fingerprint density at radius 3 is 2.32 bits per heavy atom. The number of pyridine rings is 1. The van der Waals surface area contributed by atoms with Gasteiger partial charge >= 0.3 is 0 Å². The molecular formula is C15H15Cl2NO. The predicted molar refractivity (Wildman–Crippen MR) is 78.7 cm³/mol. The van der Waals surface area contributed by atoms with Gasteiger partial charge in [0.05, 0.1) is 11.1 Å². The Hall–Kier alpha value is -1.09. The van der Waals surface area contributed by atoms with Crippen LogP contribution in [0.2, 0.25) is 10.0 Å². The zero-order valence-electron chi connectivity index (χ0n) is 10.6. The van der Waals surface area contributed by atoms with Gasteiger partial charge in [-0.2, -0.15) is 0 Å². The lowest BCUT2D eigenvalue weighted by Gasteiger charge is -2.22. The summed E-state index contributed by atoms with van der Waals surface area (Å²) in [5, 5.41) is 11.7. The largest absolute Gasteiger partial charge is 0.388 e. The Balaban J connectivity index is 2.28. The van der Waals surface area contributed by atoms with Gasteiger partial charge in [-0.25, -0.2) is 0 Å². The van der Waals surface area contributed by atoms with Gasteiger partial charge in [-0.1, -0.05) is 42.3 Å². The summed E-state index contributed by atoms with van der Waals surface area (Å²) in [5.41, 5.74) is 1.79. The van der Waals surface area contributed by atoms with E-state index in [1.807, 2.05) is 25.1 Å². The van der Waals surface area contributed by atoms with Crippen molar-refractivity contribution in [1.29, 1.82) is 0 Å². The fourth-order valence-electron chi connectivity index (χ4n) is 2.16. The lowest BCUT2D eigenvalue weighted by molar-refractivity contribution is 0.142. The zero-order chi connectivity index (χ0) is 13.8. The zero-order valence-corrected chi connectivity index (χ0v) is 12.1. The summed E-state index contributed by atoms with van der Waals surface area (Å²) >= 11 is 11.8. The molecule has 0 aliphatic rings. The van der Waals surface area contributed by atoms with Crippen LogP contribution in [0.4, 0.5) is 0 Å². The van der Waals surface area contributed by atoms with E-state index < -0.39 is 6.10 Å². The minimum atomic E-state index is -0.595. The van der Waals surface area contributed by atoms with Crippen LogP contribution in [-0.4, -0.2) is 10.1 Å². The molecule has 100 valence electrons. The van der Waals surface area contributed by atoms with Crippen LogP contribution in [-0.2, 0) is 0 Å². The first-order chi connectivity index (χ1) is 9.11. The first-order valence-corrected chi connectivity index (χ1v) is 6.91. The summed E-state index contributed by atoms with van der Waals surface area (Å²) in [5.74, 6) is -0.0348. The van der Waals surface area contributed by atoms with Crippen LogP contribution in [0.5, 0.6) is 0 Å². The Morgan fingerprint density at radius 1 is 1.05 bits per heavy atom. The molecule has 0 fully saturated rings. The van der Waals surface area contributed by atoms with Gasteiger partial charge in [0.1, 0.15) is 0 Å². The molecule has 19 heavy (non-hydrogen) atoms. The second-order valence-corrected chi connectivity index (χ2v) is 5.32. The molecule has 0 saturated carbocycles. The van der Waals surface area contributed by atoms with Crippen LogP contribution in [0.15, 0.2) is 42.7 Å². The Bertz CT molecular complexity index is 542. The van der Waals surface area contributed by atoms with E-state index in [-0.39, 0.29) is 5.92 Å². The summed E-state index contributed by atoms with van der Waals surface area (Å²) in [4.78, 5) is 4.08. The maximum absolute atomic E-state index is 10.5. The van der Waals surface area contributed by atoms with E-state index in [9.17, 15) is 5.11 Å². The summed E-state index contributed by atoms with van der Waals surface area (Å²) in [6.45, 7) is 2.03. The maximum Gasteiger partial charge on any atom is 0.0859 e. The number of nitrogens with zero attached hydrogens (tertiary/aromatic N) is 1. The summed E-state index contributed by atoms with van der Waals surface area (Å²) < 4.78 is 0. The van der Waals surface area contributed by atoms with E-state index in [0.29, 0.717) is 10.0 Å². The number of rotatable bonds is 4. The highest BCUT2D eigenvalue weighted by molar-refractivity contribution is 6.30. The van der Waals surface area contributed by atoms with Crippen molar-refractivity contribution in [2.45, 2.75) is 25.4 Å². The average Bonchev–Trinajstić information content (AvgIpc) is 2.40. The Labute approximate surface area is 123 Å². The minimum absolute atomic E-state index is 0.0348. The minimum Gasteiger partial charge on any atom is -0.388 e.